The monoisotopic (exact) mass is 272 g/mol. The lowest BCUT2D eigenvalue weighted by molar-refractivity contribution is -0.385. The van der Waals surface area contributed by atoms with Crippen LogP contribution in [-0.2, 0) is 6.42 Å². The molecular formula is C14H12N2O4. The van der Waals surface area contributed by atoms with E-state index in [1.165, 1.54) is 24.3 Å². The lowest BCUT2D eigenvalue weighted by Gasteiger charge is -2.07. The fraction of sp³-hybridized carbons (Fsp3) is 0.143. The van der Waals surface area contributed by atoms with Gasteiger partial charge in [0.1, 0.15) is 0 Å². The van der Waals surface area contributed by atoms with Crippen LogP contribution in [0.2, 0.25) is 0 Å². The largest absolute Gasteiger partial charge is 0.269 e. The molecule has 2 rings (SSSR count). The number of benzene rings is 2. The molecule has 0 unspecified atom stereocenters. The summed E-state index contributed by atoms with van der Waals surface area (Å²) in [6.07, 6.45) is 0.647. The van der Waals surface area contributed by atoms with E-state index in [1.54, 1.807) is 18.2 Å². The summed E-state index contributed by atoms with van der Waals surface area (Å²) in [5.41, 5.74) is 2.57. The zero-order valence-electron chi connectivity index (χ0n) is 10.8. The van der Waals surface area contributed by atoms with Crippen molar-refractivity contribution in [1.82, 2.24) is 0 Å². The normalized spacial score (nSPS) is 10.2. The van der Waals surface area contributed by atoms with Crippen LogP contribution in [0.3, 0.4) is 0 Å². The standard InChI is InChI=1S/C14H12N2O4/c1-2-10-9-13(16(19)20)7-8-14(10)11-3-5-12(6-4-11)15(17)18/h3-9H,2H2,1H3. The fourth-order valence-corrected chi connectivity index (χ4v) is 2.03. The third kappa shape index (κ3) is 2.64. The van der Waals surface area contributed by atoms with Gasteiger partial charge in [-0.3, -0.25) is 20.2 Å². The highest BCUT2D eigenvalue weighted by molar-refractivity contribution is 5.70. The van der Waals surface area contributed by atoms with E-state index in [1.807, 2.05) is 6.92 Å². The van der Waals surface area contributed by atoms with Gasteiger partial charge in [0.25, 0.3) is 11.4 Å². The maximum absolute atomic E-state index is 10.8. The van der Waals surface area contributed by atoms with Crippen LogP contribution < -0.4 is 0 Å². The highest BCUT2D eigenvalue weighted by atomic mass is 16.6. The number of rotatable bonds is 4. The molecule has 102 valence electrons. The molecule has 0 bridgehead atoms. The van der Waals surface area contributed by atoms with Crippen LogP contribution in [0.5, 0.6) is 0 Å². The Morgan fingerprint density at radius 3 is 1.95 bits per heavy atom. The molecule has 0 aliphatic carbocycles. The first-order chi connectivity index (χ1) is 9.52. The number of nitro groups is 2. The first-order valence-corrected chi connectivity index (χ1v) is 6.05. The molecule has 0 amide bonds. The van der Waals surface area contributed by atoms with Gasteiger partial charge in [0.15, 0.2) is 0 Å². The Morgan fingerprint density at radius 1 is 0.900 bits per heavy atom. The summed E-state index contributed by atoms with van der Waals surface area (Å²) in [5, 5.41) is 21.4. The topological polar surface area (TPSA) is 86.3 Å². The summed E-state index contributed by atoms with van der Waals surface area (Å²) in [6, 6.07) is 10.8. The second-order valence-electron chi connectivity index (χ2n) is 4.26. The lowest BCUT2D eigenvalue weighted by Crippen LogP contribution is -1.93. The Balaban J connectivity index is 2.46. The molecule has 0 aliphatic rings. The third-order valence-corrected chi connectivity index (χ3v) is 3.07. The molecule has 0 radical (unpaired) electrons. The summed E-state index contributed by atoms with van der Waals surface area (Å²) >= 11 is 0. The van der Waals surface area contributed by atoms with Crippen molar-refractivity contribution in [2.45, 2.75) is 13.3 Å². The summed E-state index contributed by atoms with van der Waals surface area (Å²) < 4.78 is 0. The molecule has 6 nitrogen and oxygen atoms in total. The average Bonchev–Trinajstić information content (AvgIpc) is 2.46. The Labute approximate surface area is 115 Å². The van der Waals surface area contributed by atoms with Crippen molar-refractivity contribution >= 4 is 11.4 Å². The molecule has 0 atom stereocenters. The van der Waals surface area contributed by atoms with Crippen LogP contribution in [0.25, 0.3) is 11.1 Å². The van der Waals surface area contributed by atoms with E-state index in [4.69, 9.17) is 0 Å². The van der Waals surface area contributed by atoms with E-state index in [0.717, 1.165) is 16.7 Å². The molecule has 0 aromatic heterocycles. The number of aryl methyl sites for hydroxylation is 1. The van der Waals surface area contributed by atoms with Crippen molar-refractivity contribution in [1.29, 1.82) is 0 Å². The van der Waals surface area contributed by atoms with Gasteiger partial charge in [-0.25, -0.2) is 0 Å². The number of hydrogen-bond acceptors (Lipinski definition) is 4. The Morgan fingerprint density at radius 2 is 1.45 bits per heavy atom. The average molecular weight is 272 g/mol. The Kier molecular flexibility index (Phi) is 3.74. The first kappa shape index (κ1) is 13.7. The lowest BCUT2D eigenvalue weighted by atomic mass is 9.97. The molecule has 0 saturated heterocycles. The van der Waals surface area contributed by atoms with Gasteiger partial charge in [-0.2, -0.15) is 0 Å². The van der Waals surface area contributed by atoms with Crippen LogP contribution in [0.4, 0.5) is 11.4 Å². The second kappa shape index (κ2) is 5.48. The molecule has 0 N–H and O–H groups in total. The summed E-state index contributed by atoms with van der Waals surface area (Å²) in [4.78, 5) is 20.5. The number of nitro benzene ring substituents is 2. The van der Waals surface area contributed by atoms with Crippen LogP contribution in [0.1, 0.15) is 12.5 Å². The van der Waals surface area contributed by atoms with E-state index in [-0.39, 0.29) is 11.4 Å². The van der Waals surface area contributed by atoms with Crippen molar-refractivity contribution in [3.8, 4) is 11.1 Å². The van der Waals surface area contributed by atoms with Gasteiger partial charge in [0.05, 0.1) is 9.85 Å². The summed E-state index contributed by atoms with van der Waals surface area (Å²) in [6.45, 7) is 1.91. The molecule has 0 saturated carbocycles. The quantitative estimate of drug-likeness (QED) is 0.626. The van der Waals surface area contributed by atoms with Gasteiger partial charge in [-0.05, 0) is 41.3 Å². The van der Waals surface area contributed by atoms with E-state index < -0.39 is 9.85 Å². The van der Waals surface area contributed by atoms with Gasteiger partial charge in [-0.15, -0.1) is 0 Å². The molecule has 20 heavy (non-hydrogen) atoms. The van der Waals surface area contributed by atoms with Crippen molar-refractivity contribution in [2.75, 3.05) is 0 Å². The third-order valence-electron chi connectivity index (χ3n) is 3.07. The van der Waals surface area contributed by atoms with E-state index in [2.05, 4.69) is 0 Å². The molecule has 2 aromatic rings. The smallest absolute Gasteiger partial charge is 0.258 e. The molecule has 0 fully saturated rings. The molecule has 0 heterocycles. The zero-order chi connectivity index (χ0) is 14.7. The summed E-state index contributed by atoms with van der Waals surface area (Å²) in [5.74, 6) is 0. The maximum Gasteiger partial charge on any atom is 0.269 e. The van der Waals surface area contributed by atoms with Gasteiger partial charge < -0.3 is 0 Å². The molecule has 0 spiro atoms. The maximum atomic E-state index is 10.8. The van der Waals surface area contributed by atoms with Crippen LogP contribution in [0, 0.1) is 20.2 Å². The minimum Gasteiger partial charge on any atom is -0.258 e. The summed E-state index contributed by atoms with van der Waals surface area (Å²) in [7, 11) is 0. The minimum atomic E-state index is -0.458. The van der Waals surface area contributed by atoms with Crippen molar-refractivity contribution in [3.63, 3.8) is 0 Å². The number of non-ortho nitro benzene ring substituents is 2. The molecule has 6 heteroatoms. The van der Waals surface area contributed by atoms with Gasteiger partial charge in [0, 0.05) is 24.3 Å². The molecule has 2 aromatic carbocycles. The first-order valence-electron chi connectivity index (χ1n) is 6.05. The van der Waals surface area contributed by atoms with Crippen LogP contribution in [0.15, 0.2) is 42.5 Å². The van der Waals surface area contributed by atoms with Gasteiger partial charge >= 0.3 is 0 Å². The Hall–Kier alpha value is -2.76. The van der Waals surface area contributed by atoms with Gasteiger partial charge in [0.2, 0.25) is 0 Å². The molecule has 0 aliphatic heterocycles. The predicted molar refractivity (Wildman–Crippen MR) is 74.6 cm³/mol. The number of nitrogens with zero attached hydrogens (tertiary/aromatic N) is 2. The van der Waals surface area contributed by atoms with Crippen LogP contribution >= 0.6 is 0 Å². The van der Waals surface area contributed by atoms with Crippen molar-refractivity contribution in [2.24, 2.45) is 0 Å². The Bertz CT molecular complexity index is 665. The molecular weight excluding hydrogens is 260 g/mol. The van der Waals surface area contributed by atoms with Crippen LogP contribution in [-0.4, -0.2) is 9.85 Å². The highest BCUT2D eigenvalue weighted by Gasteiger charge is 2.12. The SMILES string of the molecule is CCc1cc([N+](=O)[O-])ccc1-c1ccc([N+](=O)[O-])cc1. The van der Waals surface area contributed by atoms with E-state index in [0.29, 0.717) is 6.42 Å². The predicted octanol–water partition coefficient (Wildman–Crippen LogP) is 3.73. The minimum absolute atomic E-state index is 0.0220. The highest BCUT2D eigenvalue weighted by Crippen LogP contribution is 2.29. The van der Waals surface area contributed by atoms with E-state index in [9.17, 15) is 20.2 Å². The van der Waals surface area contributed by atoms with Gasteiger partial charge in [-0.1, -0.05) is 6.92 Å². The zero-order valence-corrected chi connectivity index (χ0v) is 10.8. The number of hydrogen-bond donors (Lipinski definition) is 0. The van der Waals surface area contributed by atoms with E-state index >= 15 is 0 Å². The fourth-order valence-electron chi connectivity index (χ4n) is 2.03. The second-order valence-corrected chi connectivity index (χ2v) is 4.26. The van der Waals surface area contributed by atoms with Crippen molar-refractivity contribution < 1.29 is 9.85 Å². The van der Waals surface area contributed by atoms with Crippen molar-refractivity contribution in [3.05, 3.63) is 68.3 Å².